The second-order valence-electron chi connectivity index (χ2n) is 9.13. The lowest BCUT2D eigenvalue weighted by Gasteiger charge is -2.37. The number of ether oxygens (including phenoxy) is 1. The Balaban J connectivity index is 1.67. The molecule has 1 aromatic rings. The van der Waals surface area contributed by atoms with Crippen molar-refractivity contribution in [3.8, 4) is 0 Å². The number of carbonyl (C=O) groups is 1. The molecule has 162 valence electrons. The lowest BCUT2D eigenvalue weighted by Crippen LogP contribution is -2.49. The van der Waals surface area contributed by atoms with Crippen molar-refractivity contribution in [2.75, 3.05) is 57.3 Å². The molecule has 2 fully saturated rings. The number of thiol groups is 1. The zero-order chi connectivity index (χ0) is 21.2. The molecule has 0 spiro atoms. The van der Waals surface area contributed by atoms with Crippen LogP contribution in [0.25, 0.3) is 0 Å². The predicted molar refractivity (Wildman–Crippen MR) is 121 cm³/mol. The van der Waals surface area contributed by atoms with Gasteiger partial charge in [-0.25, -0.2) is 4.79 Å². The molecule has 1 aromatic carbocycles. The Morgan fingerprint density at radius 3 is 2.28 bits per heavy atom. The highest BCUT2D eigenvalue weighted by Crippen LogP contribution is 2.33. The quantitative estimate of drug-likeness (QED) is 0.736. The summed E-state index contributed by atoms with van der Waals surface area (Å²) in [6.07, 6.45) is -0.206. The summed E-state index contributed by atoms with van der Waals surface area (Å²) in [5, 5.41) is 3.43. The van der Waals surface area contributed by atoms with Crippen molar-refractivity contribution in [3.63, 3.8) is 0 Å². The topological polar surface area (TPSA) is 48.1 Å². The first-order valence-electron chi connectivity index (χ1n) is 10.6. The zero-order valence-electron chi connectivity index (χ0n) is 18.5. The van der Waals surface area contributed by atoms with Crippen molar-refractivity contribution >= 4 is 24.4 Å². The maximum atomic E-state index is 12.3. The fourth-order valence-electron chi connectivity index (χ4n) is 4.12. The normalized spacial score (nSPS) is 18.8. The zero-order valence-corrected chi connectivity index (χ0v) is 19.4. The highest BCUT2D eigenvalue weighted by atomic mass is 32.1. The largest absolute Gasteiger partial charge is 0.444 e. The van der Waals surface area contributed by atoms with E-state index in [-0.39, 0.29) is 6.09 Å². The molecule has 2 heterocycles. The van der Waals surface area contributed by atoms with Crippen LogP contribution in [-0.4, -0.2) is 73.9 Å². The molecule has 6 nitrogen and oxygen atoms in total. The molecule has 0 radical (unpaired) electrons. The van der Waals surface area contributed by atoms with Crippen molar-refractivity contribution in [2.24, 2.45) is 0 Å². The number of nitrogens with one attached hydrogen (secondary N) is 1. The molecule has 1 amide bonds. The standard InChI is InChI=1S/C22H36N4O2S/c1-16-18(14-19(29)17(2)20(16)25-8-6-23-7-9-25)15-24-10-12-26(13-11-24)21(27)28-22(3,4)5/h14,23,29H,6-13,15H2,1-5H3. The summed E-state index contributed by atoms with van der Waals surface area (Å²) in [7, 11) is 0. The molecule has 1 N–H and O–H groups in total. The summed E-state index contributed by atoms with van der Waals surface area (Å²) < 4.78 is 5.51. The molecule has 0 saturated carbocycles. The van der Waals surface area contributed by atoms with Crippen LogP contribution in [0.3, 0.4) is 0 Å². The maximum Gasteiger partial charge on any atom is 0.410 e. The molecular weight excluding hydrogens is 384 g/mol. The molecule has 29 heavy (non-hydrogen) atoms. The SMILES string of the molecule is Cc1c(S)cc(CN2CCN(C(=O)OC(C)(C)C)CC2)c(C)c1N1CCNCC1. The van der Waals surface area contributed by atoms with Gasteiger partial charge in [-0.1, -0.05) is 0 Å². The van der Waals surface area contributed by atoms with Crippen LogP contribution in [-0.2, 0) is 11.3 Å². The van der Waals surface area contributed by atoms with Gasteiger partial charge in [0.05, 0.1) is 0 Å². The van der Waals surface area contributed by atoms with Gasteiger partial charge in [0, 0.05) is 69.5 Å². The summed E-state index contributed by atoms with van der Waals surface area (Å²) in [4.78, 5) is 20.1. The number of amides is 1. The summed E-state index contributed by atoms with van der Waals surface area (Å²) in [6, 6.07) is 2.22. The average molecular weight is 421 g/mol. The smallest absolute Gasteiger partial charge is 0.410 e. The number of hydrogen-bond acceptors (Lipinski definition) is 6. The molecule has 7 heteroatoms. The van der Waals surface area contributed by atoms with Gasteiger partial charge in [-0.2, -0.15) is 0 Å². The van der Waals surface area contributed by atoms with E-state index in [4.69, 9.17) is 17.4 Å². The van der Waals surface area contributed by atoms with Crippen molar-refractivity contribution in [1.29, 1.82) is 0 Å². The van der Waals surface area contributed by atoms with Crippen LogP contribution in [0, 0.1) is 13.8 Å². The van der Waals surface area contributed by atoms with Gasteiger partial charge in [-0.3, -0.25) is 4.90 Å². The second-order valence-corrected chi connectivity index (χ2v) is 9.62. The van der Waals surface area contributed by atoms with Gasteiger partial charge in [0.1, 0.15) is 5.60 Å². The number of piperazine rings is 2. The minimum absolute atomic E-state index is 0.206. The van der Waals surface area contributed by atoms with Gasteiger partial charge < -0.3 is 19.9 Å². The minimum atomic E-state index is -0.448. The van der Waals surface area contributed by atoms with Crippen molar-refractivity contribution in [3.05, 3.63) is 22.8 Å². The molecule has 3 rings (SSSR count). The van der Waals surface area contributed by atoms with E-state index in [1.54, 1.807) is 0 Å². The molecule has 0 aromatic heterocycles. The first-order chi connectivity index (χ1) is 13.7. The molecule has 0 atom stereocenters. The van der Waals surface area contributed by atoms with Gasteiger partial charge in [-0.05, 0) is 57.4 Å². The van der Waals surface area contributed by atoms with Gasteiger partial charge in [0.25, 0.3) is 0 Å². The van der Waals surface area contributed by atoms with Gasteiger partial charge >= 0.3 is 6.09 Å². The Morgan fingerprint density at radius 1 is 1.07 bits per heavy atom. The Labute approximate surface area is 181 Å². The maximum absolute atomic E-state index is 12.3. The molecule has 2 aliphatic heterocycles. The molecule has 2 aliphatic rings. The van der Waals surface area contributed by atoms with Crippen LogP contribution < -0.4 is 10.2 Å². The molecule has 2 saturated heterocycles. The predicted octanol–water partition coefficient (Wildman–Crippen LogP) is 3.05. The second kappa shape index (κ2) is 9.14. The van der Waals surface area contributed by atoms with Crippen LogP contribution in [0.2, 0.25) is 0 Å². The number of carbonyl (C=O) groups excluding carboxylic acids is 1. The third kappa shape index (κ3) is 5.58. The van der Waals surface area contributed by atoms with E-state index < -0.39 is 5.60 Å². The van der Waals surface area contributed by atoms with Gasteiger partial charge in [-0.15, -0.1) is 12.6 Å². The number of hydrogen-bond donors (Lipinski definition) is 2. The average Bonchev–Trinajstić information content (AvgIpc) is 2.66. The summed E-state index contributed by atoms with van der Waals surface area (Å²) >= 11 is 4.77. The van der Waals surface area contributed by atoms with E-state index in [2.05, 4.69) is 35.0 Å². The highest BCUT2D eigenvalue weighted by molar-refractivity contribution is 7.80. The highest BCUT2D eigenvalue weighted by Gasteiger charge is 2.26. The number of benzene rings is 1. The summed E-state index contributed by atoms with van der Waals surface area (Å²) in [5.74, 6) is 0. The Kier molecular flexibility index (Phi) is 7.02. The summed E-state index contributed by atoms with van der Waals surface area (Å²) in [5.41, 5.74) is 4.86. The first-order valence-corrected chi connectivity index (χ1v) is 11.1. The van der Waals surface area contributed by atoms with Crippen molar-refractivity contribution in [1.82, 2.24) is 15.1 Å². The molecule has 0 unspecified atom stereocenters. The molecular formula is C22H36N4O2S. The third-order valence-electron chi connectivity index (χ3n) is 5.74. The van der Waals surface area contributed by atoms with Gasteiger partial charge in [0.2, 0.25) is 0 Å². The lowest BCUT2D eigenvalue weighted by molar-refractivity contribution is 0.0139. The minimum Gasteiger partial charge on any atom is -0.444 e. The van der Waals surface area contributed by atoms with Gasteiger partial charge in [0.15, 0.2) is 0 Å². The molecule has 0 aliphatic carbocycles. The van der Waals surface area contributed by atoms with Crippen LogP contribution in [0.5, 0.6) is 0 Å². The van der Waals surface area contributed by atoms with Crippen LogP contribution in [0.4, 0.5) is 10.5 Å². The van der Waals surface area contributed by atoms with E-state index in [9.17, 15) is 4.79 Å². The monoisotopic (exact) mass is 420 g/mol. The van der Waals surface area contributed by atoms with Crippen molar-refractivity contribution in [2.45, 2.75) is 51.7 Å². The van der Waals surface area contributed by atoms with Crippen LogP contribution in [0.1, 0.15) is 37.5 Å². The Hall–Kier alpha value is -1.44. The van der Waals surface area contributed by atoms with E-state index >= 15 is 0 Å². The fraction of sp³-hybridized carbons (Fsp3) is 0.682. The van der Waals surface area contributed by atoms with E-state index in [0.29, 0.717) is 13.1 Å². The van der Waals surface area contributed by atoms with E-state index in [1.165, 1.54) is 22.4 Å². The third-order valence-corrected chi connectivity index (χ3v) is 6.20. The van der Waals surface area contributed by atoms with Crippen LogP contribution in [0.15, 0.2) is 11.0 Å². The fourth-order valence-corrected chi connectivity index (χ4v) is 4.38. The number of anilines is 1. The van der Waals surface area contributed by atoms with E-state index in [1.807, 2.05) is 25.7 Å². The van der Waals surface area contributed by atoms with E-state index in [0.717, 1.165) is 50.7 Å². The Morgan fingerprint density at radius 2 is 1.69 bits per heavy atom. The Bertz CT molecular complexity index is 733. The first kappa shape index (κ1) is 22.2. The number of nitrogens with zero attached hydrogens (tertiary/aromatic N) is 3. The summed E-state index contributed by atoms with van der Waals surface area (Å²) in [6.45, 7) is 18.3. The number of rotatable bonds is 3. The van der Waals surface area contributed by atoms with Crippen molar-refractivity contribution < 1.29 is 9.53 Å². The molecule has 0 bridgehead atoms. The van der Waals surface area contributed by atoms with Crippen LogP contribution >= 0.6 is 12.6 Å². The lowest BCUT2D eigenvalue weighted by atomic mass is 10.00.